The SMILES string of the molecule is CO[C@@H]1CCN(C)[C@@H](Cc2ccc(Cl)cc2)C1. The Morgan fingerprint density at radius 2 is 2.06 bits per heavy atom. The Balaban J connectivity index is 1.98. The highest BCUT2D eigenvalue weighted by Gasteiger charge is 2.25. The number of likely N-dealkylation sites (tertiary alicyclic amines) is 1. The van der Waals surface area contributed by atoms with Crippen molar-refractivity contribution in [2.75, 3.05) is 20.7 Å². The first-order chi connectivity index (χ1) is 8.19. The van der Waals surface area contributed by atoms with Crippen LogP contribution in [0.5, 0.6) is 0 Å². The zero-order valence-corrected chi connectivity index (χ0v) is 11.3. The molecular formula is C14H20ClNO. The number of nitrogens with zero attached hydrogens (tertiary/aromatic N) is 1. The summed E-state index contributed by atoms with van der Waals surface area (Å²) in [4.78, 5) is 2.43. The second kappa shape index (κ2) is 5.85. The van der Waals surface area contributed by atoms with Crippen LogP contribution in [0.4, 0.5) is 0 Å². The van der Waals surface area contributed by atoms with Gasteiger partial charge in [-0.2, -0.15) is 0 Å². The van der Waals surface area contributed by atoms with Crippen molar-refractivity contribution < 1.29 is 4.74 Å². The summed E-state index contributed by atoms with van der Waals surface area (Å²) in [6, 6.07) is 8.75. The Hall–Kier alpha value is -0.570. The molecule has 1 aromatic rings. The van der Waals surface area contributed by atoms with Crippen molar-refractivity contribution in [1.29, 1.82) is 0 Å². The highest BCUT2D eigenvalue weighted by Crippen LogP contribution is 2.22. The van der Waals surface area contributed by atoms with Crippen LogP contribution < -0.4 is 0 Å². The molecule has 1 aliphatic heterocycles. The van der Waals surface area contributed by atoms with Crippen molar-refractivity contribution in [3.63, 3.8) is 0 Å². The Labute approximate surface area is 109 Å². The maximum Gasteiger partial charge on any atom is 0.0598 e. The van der Waals surface area contributed by atoms with E-state index in [1.54, 1.807) is 0 Å². The molecular weight excluding hydrogens is 234 g/mol. The van der Waals surface area contributed by atoms with E-state index >= 15 is 0 Å². The average molecular weight is 254 g/mol. The topological polar surface area (TPSA) is 12.5 Å². The lowest BCUT2D eigenvalue weighted by Crippen LogP contribution is -2.43. The van der Waals surface area contributed by atoms with Crippen LogP contribution in [0.25, 0.3) is 0 Å². The molecule has 17 heavy (non-hydrogen) atoms. The zero-order chi connectivity index (χ0) is 12.3. The number of rotatable bonds is 3. The number of ether oxygens (including phenoxy) is 1. The van der Waals surface area contributed by atoms with Crippen molar-refractivity contribution in [2.24, 2.45) is 0 Å². The van der Waals surface area contributed by atoms with E-state index in [-0.39, 0.29) is 0 Å². The van der Waals surface area contributed by atoms with E-state index in [1.165, 1.54) is 5.56 Å². The van der Waals surface area contributed by atoms with Crippen molar-refractivity contribution in [2.45, 2.75) is 31.4 Å². The summed E-state index contributed by atoms with van der Waals surface area (Å²) >= 11 is 5.90. The van der Waals surface area contributed by atoms with Crippen molar-refractivity contribution in [3.8, 4) is 0 Å². The molecule has 1 fully saturated rings. The minimum atomic E-state index is 0.420. The van der Waals surface area contributed by atoms with Gasteiger partial charge in [-0.1, -0.05) is 23.7 Å². The maximum absolute atomic E-state index is 5.90. The largest absolute Gasteiger partial charge is 0.381 e. The molecule has 1 heterocycles. The van der Waals surface area contributed by atoms with E-state index in [9.17, 15) is 0 Å². The van der Waals surface area contributed by atoms with Crippen molar-refractivity contribution in [1.82, 2.24) is 4.90 Å². The van der Waals surface area contributed by atoms with E-state index in [2.05, 4.69) is 24.1 Å². The lowest BCUT2D eigenvalue weighted by atomic mass is 9.94. The molecule has 1 aliphatic rings. The van der Waals surface area contributed by atoms with Crippen LogP contribution in [0.1, 0.15) is 18.4 Å². The molecule has 94 valence electrons. The van der Waals surface area contributed by atoms with E-state index in [0.717, 1.165) is 30.8 Å². The monoisotopic (exact) mass is 253 g/mol. The van der Waals surface area contributed by atoms with E-state index in [4.69, 9.17) is 16.3 Å². The molecule has 0 unspecified atom stereocenters. The fraction of sp³-hybridized carbons (Fsp3) is 0.571. The van der Waals surface area contributed by atoms with Gasteiger partial charge in [-0.3, -0.25) is 0 Å². The summed E-state index contributed by atoms with van der Waals surface area (Å²) in [7, 11) is 4.02. The second-order valence-corrected chi connectivity index (χ2v) is 5.28. The number of hydrogen-bond acceptors (Lipinski definition) is 2. The normalized spacial score (nSPS) is 26.1. The molecule has 0 amide bonds. The summed E-state index contributed by atoms with van der Waals surface area (Å²) in [5.74, 6) is 0. The van der Waals surface area contributed by atoms with Gasteiger partial charge in [-0.25, -0.2) is 0 Å². The molecule has 2 nitrogen and oxygen atoms in total. The molecule has 0 saturated carbocycles. The van der Waals surface area contributed by atoms with Crippen LogP contribution in [-0.4, -0.2) is 37.7 Å². The smallest absolute Gasteiger partial charge is 0.0598 e. The molecule has 0 bridgehead atoms. The van der Waals surface area contributed by atoms with Gasteiger partial charge in [0.2, 0.25) is 0 Å². The first-order valence-corrected chi connectivity index (χ1v) is 6.54. The lowest BCUT2D eigenvalue weighted by Gasteiger charge is -2.36. The van der Waals surface area contributed by atoms with Gasteiger partial charge < -0.3 is 9.64 Å². The lowest BCUT2D eigenvalue weighted by molar-refractivity contribution is 0.0208. The number of methoxy groups -OCH3 is 1. The van der Waals surface area contributed by atoms with Gasteiger partial charge in [-0.15, -0.1) is 0 Å². The Bertz CT molecular complexity index is 352. The maximum atomic E-state index is 5.90. The summed E-state index contributed by atoms with van der Waals surface area (Å²) in [6.45, 7) is 1.12. The summed E-state index contributed by atoms with van der Waals surface area (Å²) in [5, 5.41) is 0.806. The first-order valence-electron chi connectivity index (χ1n) is 6.16. The summed E-state index contributed by atoms with van der Waals surface area (Å²) < 4.78 is 5.48. The quantitative estimate of drug-likeness (QED) is 0.821. The van der Waals surface area contributed by atoms with E-state index in [1.807, 2.05) is 19.2 Å². The molecule has 2 atom stereocenters. The third-order valence-corrected chi connectivity index (χ3v) is 3.93. The molecule has 0 radical (unpaired) electrons. The minimum absolute atomic E-state index is 0.420. The molecule has 0 aromatic heterocycles. The Kier molecular flexibility index (Phi) is 4.43. The Morgan fingerprint density at radius 3 is 2.71 bits per heavy atom. The van der Waals surface area contributed by atoms with Crippen LogP contribution in [-0.2, 0) is 11.2 Å². The summed E-state index contributed by atoms with van der Waals surface area (Å²) in [5.41, 5.74) is 1.35. The highest BCUT2D eigenvalue weighted by molar-refractivity contribution is 6.30. The third kappa shape index (κ3) is 3.44. The summed E-state index contributed by atoms with van der Waals surface area (Å²) in [6.07, 6.45) is 3.76. The minimum Gasteiger partial charge on any atom is -0.381 e. The van der Waals surface area contributed by atoms with Crippen molar-refractivity contribution in [3.05, 3.63) is 34.9 Å². The van der Waals surface area contributed by atoms with Gasteiger partial charge in [0, 0.05) is 24.7 Å². The van der Waals surface area contributed by atoms with Crippen molar-refractivity contribution >= 4 is 11.6 Å². The second-order valence-electron chi connectivity index (χ2n) is 4.85. The fourth-order valence-electron chi connectivity index (χ4n) is 2.48. The number of halogens is 1. The average Bonchev–Trinajstić information content (AvgIpc) is 2.35. The van der Waals surface area contributed by atoms with Gasteiger partial charge in [-0.05, 0) is 44.0 Å². The van der Waals surface area contributed by atoms with Crippen LogP contribution in [0.3, 0.4) is 0 Å². The molecule has 2 rings (SSSR count). The van der Waals surface area contributed by atoms with Gasteiger partial charge in [0.15, 0.2) is 0 Å². The number of piperidine rings is 1. The first kappa shape index (κ1) is 12.9. The van der Waals surface area contributed by atoms with Crippen LogP contribution in [0.15, 0.2) is 24.3 Å². The van der Waals surface area contributed by atoms with Gasteiger partial charge >= 0.3 is 0 Å². The zero-order valence-electron chi connectivity index (χ0n) is 10.5. The van der Waals surface area contributed by atoms with Gasteiger partial charge in [0.05, 0.1) is 6.10 Å². The van der Waals surface area contributed by atoms with Crippen LogP contribution >= 0.6 is 11.6 Å². The molecule has 1 saturated heterocycles. The molecule has 0 aliphatic carbocycles. The van der Waals surface area contributed by atoms with E-state index < -0.39 is 0 Å². The molecule has 1 aromatic carbocycles. The standard InChI is InChI=1S/C14H20ClNO/c1-16-8-7-14(17-2)10-13(16)9-11-3-5-12(15)6-4-11/h3-6,13-14H,7-10H2,1-2H3/t13-,14+/m0/s1. The van der Waals surface area contributed by atoms with Gasteiger partial charge in [0.1, 0.15) is 0 Å². The van der Waals surface area contributed by atoms with Crippen LogP contribution in [0, 0.1) is 0 Å². The molecule has 3 heteroatoms. The Morgan fingerprint density at radius 1 is 1.35 bits per heavy atom. The number of hydrogen-bond donors (Lipinski definition) is 0. The van der Waals surface area contributed by atoms with Crippen LogP contribution in [0.2, 0.25) is 5.02 Å². The molecule has 0 N–H and O–H groups in total. The fourth-order valence-corrected chi connectivity index (χ4v) is 2.60. The molecule has 0 spiro atoms. The van der Waals surface area contributed by atoms with E-state index in [0.29, 0.717) is 12.1 Å². The highest BCUT2D eigenvalue weighted by atomic mass is 35.5. The number of likely N-dealkylation sites (N-methyl/N-ethyl adjacent to an activating group) is 1. The predicted octanol–water partition coefficient (Wildman–Crippen LogP) is 2.99. The van der Waals surface area contributed by atoms with Gasteiger partial charge in [0.25, 0.3) is 0 Å². The third-order valence-electron chi connectivity index (χ3n) is 3.68. The number of benzene rings is 1. The predicted molar refractivity (Wildman–Crippen MR) is 71.6 cm³/mol.